The van der Waals surface area contributed by atoms with Crippen molar-refractivity contribution in [3.63, 3.8) is 0 Å². The van der Waals surface area contributed by atoms with Gasteiger partial charge in [-0.15, -0.1) is 0 Å². The second-order valence-corrected chi connectivity index (χ2v) is 2.13. The van der Waals surface area contributed by atoms with Gasteiger partial charge < -0.3 is 0 Å². The highest BCUT2D eigenvalue weighted by Crippen LogP contribution is 1.88. The van der Waals surface area contributed by atoms with Gasteiger partial charge >= 0.3 is 0 Å². The molecular formula is C8H14S. The number of allylic oxidation sites excluding steroid dienone is 3. The lowest BCUT2D eigenvalue weighted by atomic mass is 10.3. The van der Waals surface area contributed by atoms with E-state index in [9.17, 15) is 0 Å². The molecule has 0 aliphatic heterocycles. The van der Waals surface area contributed by atoms with Crippen LogP contribution in [-0.2, 0) is 0 Å². The largest absolute Gasteiger partial charge is 0.175 e. The number of hydrogen-bond acceptors (Lipinski definition) is 1. The van der Waals surface area contributed by atoms with Crippen LogP contribution in [0.5, 0.6) is 0 Å². The van der Waals surface area contributed by atoms with E-state index in [4.69, 9.17) is 0 Å². The molecule has 0 aromatic rings. The molecule has 0 bridgehead atoms. The van der Waals surface area contributed by atoms with Gasteiger partial charge in [-0.25, -0.2) is 0 Å². The highest BCUT2D eigenvalue weighted by atomic mass is 32.1. The van der Waals surface area contributed by atoms with E-state index in [0.29, 0.717) is 0 Å². The van der Waals surface area contributed by atoms with Gasteiger partial charge in [0, 0.05) is 5.75 Å². The van der Waals surface area contributed by atoms with Crippen molar-refractivity contribution in [1.82, 2.24) is 0 Å². The van der Waals surface area contributed by atoms with Crippen LogP contribution >= 0.6 is 12.6 Å². The van der Waals surface area contributed by atoms with Gasteiger partial charge in [-0.1, -0.05) is 31.2 Å². The normalized spacial score (nSPS) is 11.8. The number of hydrogen-bond donors (Lipinski definition) is 1. The Balaban J connectivity index is 3.08. The first kappa shape index (κ1) is 8.83. The summed E-state index contributed by atoms with van der Waals surface area (Å²) in [6.45, 7) is 2.14. The van der Waals surface area contributed by atoms with E-state index >= 15 is 0 Å². The molecule has 0 aromatic carbocycles. The maximum atomic E-state index is 4.03. The molecule has 0 saturated carbocycles. The molecule has 0 unspecified atom stereocenters. The van der Waals surface area contributed by atoms with Crippen LogP contribution < -0.4 is 0 Å². The van der Waals surface area contributed by atoms with Crippen molar-refractivity contribution < 1.29 is 0 Å². The zero-order chi connectivity index (χ0) is 6.95. The van der Waals surface area contributed by atoms with Gasteiger partial charge in [0.15, 0.2) is 0 Å². The third kappa shape index (κ3) is 7.83. The molecule has 0 spiro atoms. The number of rotatable bonds is 4. The van der Waals surface area contributed by atoms with E-state index in [-0.39, 0.29) is 0 Å². The van der Waals surface area contributed by atoms with E-state index in [1.54, 1.807) is 0 Å². The molecule has 52 valence electrons. The summed E-state index contributed by atoms with van der Waals surface area (Å²) in [5, 5.41) is 0. The third-order valence-electron chi connectivity index (χ3n) is 0.947. The van der Waals surface area contributed by atoms with Gasteiger partial charge in [0.25, 0.3) is 0 Å². The van der Waals surface area contributed by atoms with Crippen LogP contribution in [0.4, 0.5) is 0 Å². The first-order valence-corrected chi connectivity index (χ1v) is 3.96. The molecule has 0 aromatic heterocycles. The molecule has 0 N–H and O–H groups in total. The molecule has 0 aliphatic carbocycles. The molecule has 0 fully saturated rings. The van der Waals surface area contributed by atoms with Crippen molar-refractivity contribution in [1.29, 1.82) is 0 Å². The van der Waals surface area contributed by atoms with Crippen LogP contribution in [0.1, 0.15) is 19.8 Å². The van der Waals surface area contributed by atoms with Crippen LogP contribution in [0.3, 0.4) is 0 Å². The van der Waals surface area contributed by atoms with E-state index in [1.165, 1.54) is 0 Å². The number of thiol groups is 1. The van der Waals surface area contributed by atoms with E-state index in [2.05, 4.69) is 43.9 Å². The summed E-state index contributed by atoms with van der Waals surface area (Å²) in [7, 11) is 0. The third-order valence-corrected chi connectivity index (χ3v) is 1.16. The topological polar surface area (TPSA) is 0 Å². The summed E-state index contributed by atoms with van der Waals surface area (Å²) in [5.41, 5.74) is 0. The minimum absolute atomic E-state index is 0.847. The van der Waals surface area contributed by atoms with Crippen LogP contribution in [0.15, 0.2) is 24.3 Å². The van der Waals surface area contributed by atoms with Crippen LogP contribution in [0, 0.1) is 0 Å². The monoisotopic (exact) mass is 142 g/mol. The fourth-order valence-corrected chi connectivity index (χ4v) is 0.661. The molecule has 0 amide bonds. The molecule has 0 radical (unpaired) electrons. The molecule has 0 rings (SSSR count). The Morgan fingerprint density at radius 3 is 2.33 bits per heavy atom. The van der Waals surface area contributed by atoms with Crippen molar-refractivity contribution in [2.75, 3.05) is 5.75 Å². The molecule has 9 heavy (non-hydrogen) atoms. The standard InChI is InChI=1S/C8H14S/c1-2-3-4-5-6-7-8-9/h3-4,6-7,9H,2,5,8H2,1H3. The average molecular weight is 142 g/mol. The fourth-order valence-electron chi connectivity index (χ4n) is 0.512. The van der Waals surface area contributed by atoms with Gasteiger partial charge in [-0.3, -0.25) is 0 Å². The molecular weight excluding hydrogens is 128 g/mol. The van der Waals surface area contributed by atoms with Crippen molar-refractivity contribution in [3.05, 3.63) is 24.3 Å². The Morgan fingerprint density at radius 1 is 1.11 bits per heavy atom. The first-order chi connectivity index (χ1) is 4.41. The smallest absolute Gasteiger partial charge is 0.00826 e. The SMILES string of the molecule is CCC=CCC=CCS. The maximum absolute atomic E-state index is 4.03. The molecule has 0 aliphatic rings. The second kappa shape index (κ2) is 7.83. The minimum Gasteiger partial charge on any atom is -0.175 e. The Morgan fingerprint density at radius 2 is 1.78 bits per heavy atom. The molecule has 0 heterocycles. The predicted molar refractivity (Wildman–Crippen MR) is 47.0 cm³/mol. The molecule has 0 atom stereocenters. The summed E-state index contributed by atoms with van der Waals surface area (Å²) >= 11 is 4.03. The van der Waals surface area contributed by atoms with E-state index in [1.807, 2.05) is 0 Å². The van der Waals surface area contributed by atoms with Gasteiger partial charge in [-0.05, 0) is 12.8 Å². The highest BCUT2D eigenvalue weighted by Gasteiger charge is 1.68. The lowest BCUT2D eigenvalue weighted by molar-refractivity contribution is 1.20. The van der Waals surface area contributed by atoms with Crippen LogP contribution in [0.2, 0.25) is 0 Å². The van der Waals surface area contributed by atoms with Gasteiger partial charge in [0.1, 0.15) is 0 Å². The Kier molecular flexibility index (Phi) is 7.68. The zero-order valence-corrected chi connectivity index (χ0v) is 6.77. The Labute approximate surface area is 63.1 Å². The van der Waals surface area contributed by atoms with Crippen molar-refractivity contribution in [2.24, 2.45) is 0 Å². The first-order valence-electron chi connectivity index (χ1n) is 3.32. The van der Waals surface area contributed by atoms with Crippen molar-refractivity contribution in [3.8, 4) is 0 Å². The van der Waals surface area contributed by atoms with Crippen molar-refractivity contribution in [2.45, 2.75) is 19.8 Å². The summed E-state index contributed by atoms with van der Waals surface area (Å²) < 4.78 is 0. The van der Waals surface area contributed by atoms with Gasteiger partial charge in [0.05, 0.1) is 0 Å². The summed E-state index contributed by atoms with van der Waals surface area (Å²) in [4.78, 5) is 0. The van der Waals surface area contributed by atoms with E-state index < -0.39 is 0 Å². The summed E-state index contributed by atoms with van der Waals surface area (Å²) in [6.07, 6.45) is 10.7. The second-order valence-electron chi connectivity index (χ2n) is 1.77. The Bertz CT molecular complexity index is 80.7. The van der Waals surface area contributed by atoms with Gasteiger partial charge in [0.2, 0.25) is 0 Å². The summed E-state index contributed by atoms with van der Waals surface area (Å²) in [5.74, 6) is 0.847. The zero-order valence-electron chi connectivity index (χ0n) is 5.88. The van der Waals surface area contributed by atoms with Crippen LogP contribution in [0.25, 0.3) is 0 Å². The highest BCUT2D eigenvalue weighted by molar-refractivity contribution is 7.80. The average Bonchev–Trinajstić information content (AvgIpc) is 1.89. The minimum atomic E-state index is 0.847. The van der Waals surface area contributed by atoms with Crippen LogP contribution in [-0.4, -0.2) is 5.75 Å². The predicted octanol–water partition coefficient (Wildman–Crippen LogP) is 2.83. The molecule has 0 nitrogen and oxygen atoms in total. The molecule has 0 saturated heterocycles. The lowest BCUT2D eigenvalue weighted by Gasteiger charge is -1.79. The van der Waals surface area contributed by atoms with E-state index in [0.717, 1.165) is 18.6 Å². The quantitative estimate of drug-likeness (QED) is 0.453. The van der Waals surface area contributed by atoms with Crippen molar-refractivity contribution >= 4 is 12.6 Å². The molecule has 1 heteroatoms. The van der Waals surface area contributed by atoms with Gasteiger partial charge in [-0.2, -0.15) is 12.6 Å². The Hall–Kier alpha value is -0.170. The maximum Gasteiger partial charge on any atom is 0.00826 e. The lowest BCUT2D eigenvalue weighted by Crippen LogP contribution is -1.61. The fraction of sp³-hybridized carbons (Fsp3) is 0.500. The summed E-state index contributed by atoms with van der Waals surface area (Å²) in [6, 6.07) is 0.